The van der Waals surface area contributed by atoms with E-state index in [9.17, 15) is 0 Å². The Balaban J connectivity index is 2.31. The van der Waals surface area contributed by atoms with Gasteiger partial charge in [-0.25, -0.2) is 0 Å². The number of rotatable bonds is 6. The summed E-state index contributed by atoms with van der Waals surface area (Å²) >= 11 is 0. The number of nitrogens with zero attached hydrogens (tertiary/aromatic N) is 1. The van der Waals surface area contributed by atoms with E-state index < -0.39 is 0 Å². The van der Waals surface area contributed by atoms with Gasteiger partial charge >= 0.3 is 0 Å². The third kappa shape index (κ3) is 2.59. The van der Waals surface area contributed by atoms with Gasteiger partial charge in [-0.15, -0.1) is 6.58 Å². The van der Waals surface area contributed by atoms with Crippen molar-refractivity contribution in [3.63, 3.8) is 0 Å². The number of benzene rings is 1. The predicted octanol–water partition coefficient (Wildman–Crippen LogP) is 3.11. The van der Waals surface area contributed by atoms with Crippen molar-refractivity contribution in [3.8, 4) is 0 Å². The minimum Gasteiger partial charge on any atom is -0.343 e. The summed E-state index contributed by atoms with van der Waals surface area (Å²) in [6.45, 7) is 5.47. The van der Waals surface area contributed by atoms with Crippen LogP contribution in [0.4, 0.5) is 0 Å². The van der Waals surface area contributed by atoms with Gasteiger partial charge in [0.15, 0.2) is 0 Å². The Bertz CT molecular complexity index is 497. The van der Waals surface area contributed by atoms with Crippen LogP contribution in [0.25, 0.3) is 10.9 Å². The molecule has 0 bridgehead atoms. The van der Waals surface area contributed by atoms with Gasteiger partial charge in [-0.1, -0.05) is 24.3 Å². The molecule has 0 aliphatic heterocycles. The van der Waals surface area contributed by atoms with E-state index in [4.69, 9.17) is 5.73 Å². The zero-order chi connectivity index (χ0) is 12.1. The van der Waals surface area contributed by atoms with Crippen LogP contribution in [0.1, 0.15) is 18.4 Å². The second-order valence-electron chi connectivity index (χ2n) is 4.36. The molecule has 1 aromatic heterocycles. The van der Waals surface area contributed by atoms with Crippen molar-refractivity contribution in [2.75, 3.05) is 6.54 Å². The molecule has 2 rings (SSSR count). The molecule has 0 radical (unpaired) electrons. The van der Waals surface area contributed by atoms with Gasteiger partial charge in [0.2, 0.25) is 0 Å². The number of aryl methyl sites for hydroxylation is 1. The van der Waals surface area contributed by atoms with Crippen LogP contribution in [0.15, 0.2) is 43.1 Å². The molecule has 0 saturated carbocycles. The van der Waals surface area contributed by atoms with Crippen molar-refractivity contribution in [1.29, 1.82) is 0 Å². The molecule has 0 amide bonds. The molecule has 1 heterocycles. The fraction of sp³-hybridized carbons (Fsp3) is 0.333. The summed E-state index contributed by atoms with van der Waals surface area (Å²) in [5.74, 6) is 0. The molecule has 2 nitrogen and oxygen atoms in total. The minimum absolute atomic E-state index is 0.783. The van der Waals surface area contributed by atoms with E-state index in [-0.39, 0.29) is 0 Å². The van der Waals surface area contributed by atoms with Gasteiger partial charge < -0.3 is 10.3 Å². The number of nitrogens with two attached hydrogens (primary N) is 1. The molecule has 0 fully saturated rings. The van der Waals surface area contributed by atoms with Gasteiger partial charge in [-0.2, -0.15) is 0 Å². The van der Waals surface area contributed by atoms with E-state index in [1.165, 1.54) is 22.9 Å². The number of para-hydroxylation sites is 1. The normalized spacial score (nSPS) is 10.9. The first-order valence-electron chi connectivity index (χ1n) is 6.24. The quantitative estimate of drug-likeness (QED) is 0.597. The van der Waals surface area contributed by atoms with E-state index in [0.29, 0.717) is 0 Å². The zero-order valence-electron chi connectivity index (χ0n) is 10.2. The van der Waals surface area contributed by atoms with Crippen molar-refractivity contribution < 1.29 is 0 Å². The topological polar surface area (TPSA) is 30.9 Å². The third-order valence-corrected chi connectivity index (χ3v) is 3.10. The standard InChI is InChI=1S/C15H20N2/c1-2-11-17-12-13(7-5-6-10-16)14-8-3-4-9-15(14)17/h2-4,8-9,12H,1,5-7,10-11,16H2. The van der Waals surface area contributed by atoms with Crippen LogP contribution in [0.3, 0.4) is 0 Å². The lowest BCUT2D eigenvalue weighted by Gasteiger charge is -1.99. The first kappa shape index (κ1) is 11.9. The van der Waals surface area contributed by atoms with E-state index >= 15 is 0 Å². The Morgan fingerprint density at radius 1 is 1.24 bits per heavy atom. The number of hydrogen-bond donors (Lipinski definition) is 1. The van der Waals surface area contributed by atoms with Gasteiger partial charge in [0.1, 0.15) is 0 Å². The molecule has 2 aromatic rings. The zero-order valence-corrected chi connectivity index (χ0v) is 10.2. The van der Waals surface area contributed by atoms with E-state index in [1.54, 1.807) is 0 Å². The molecule has 0 aliphatic rings. The highest BCUT2D eigenvalue weighted by molar-refractivity contribution is 5.84. The number of fused-ring (bicyclic) bond motifs is 1. The van der Waals surface area contributed by atoms with Crippen LogP contribution < -0.4 is 5.73 Å². The minimum atomic E-state index is 0.783. The lowest BCUT2D eigenvalue weighted by atomic mass is 10.1. The van der Waals surface area contributed by atoms with Crippen molar-refractivity contribution in [2.24, 2.45) is 5.73 Å². The molecule has 90 valence electrons. The van der Waals surface area contributed by atoms with Crippen LogP contribution in [0.2, 0.25) is 0 Å². The summed E-state index contributed by atoms with van der Waals surface area (Å²) in [6, 6.07) is 8.57. The number of unbranched alkanes of at least 4 members (excludes halogenated alkanes) is 1. The van der Waals surface area contributed by atoms with Gasteiger partial charge in [-0.3, -0.25) is 0 Å². The third-order valence-electron chi connectivity index (χ3n) is 3.10. The molecular weight excluding hydrogens is 208 g/mol. The monoisotopic (exact) mass is 228 g/mol. The average Bonchev–Trinajstić information content (AvgIpc) is 2.70. The molecule has 17 heavy (non-hydrogen) atoms. The molecule has 1 aromatic carbocycles. The fourth-order valence-electron chi connectivity index (χ4n) is 2.27. The van der Waals surface area contributed by atoms with E-state index in [0.717, 1.165) is 25.9 Å². The highest BCUT2D eigenvalue weighted by atomic mass is 14.9. The van der Waals surface area contributed by atoms with Crippen molar-refractivity contribution >= 4 is 10.9 Å². The van der Waals surface area contributed by atoms with Crippen LogP contribution >= 0.6 is 0 Å². The van der Waals surface area contributed by atoms with Gasteiger partial charge in [-0.05, 0) is 37.4 Å². The van der Waals surface area contributed by atoms with Gasteiger partial charge in [0.25, 0.3) is 0 Å². The number of hydrogen-bond acceptors (Lipinski definition) is 1. The van der Waals surface area contributed by atoms with Gasteiger partial charge in [0.05, 0.1) is 0 Å². The van der Waals surface area contributed by atoms with Crippen LogP contribution in [0.5, 0.6) is 0 Å². The first-order valence-corrected chi connectivity index (χ1v) is 6.24. The fourth-order valence-corrected chi connectivity index (χ4v) is 2.27. The largest absolute Gasteiger partial charge is 0.343 e. The molecule has 2 N–H and O–H groups in total. The van der Waals surface area contributed by atoms with Crippen molar-refractivity contribution in [1.82, 2.24) is 4.57 Å². The Hall–Kier alpha value is -1.54. The second kappa shape index (κ2) is 5.69. The highest BCUT2D eigenvalue weighted by Gasteiger charge is 2.06. The lowest BCUT2D eigenvalue weighted by Crippen LogP contribution is -1.98. The van der Waals surface area contributed by atoms with Crippen molar-refractivity contribution in [3.05, 3.63) is 48.7 Å². The predicted molar refractivity (Wildman–Crippen MR) is 74.1 cm³/mol. The maximum atomic E-state index is 5.54. The summed E-state index contributed by atoms with van der Waals surface area (Å²) in [7, 11) is 0. The highest BCUT2D eigenvalue weighted by Crippen LogP contribution is 2.22. The summed E-state index contributed by atoms with van der Waals surface area (Å²) in [5, 5.41) is 1.37. The maximum absolute atomic E-state index is 5.54. The number of aromatic nitrogens is 1. The lowest BCUT2D eigenvalue weighted by molar-refractivity contribution is 0.743. The molecule has 0 aliphatic carbocycles. The Morgan fingerprint density at radius 2 is 2.06 bits per heavy atom. The molecule has 0 unspecified atom stereocenters. The Kier molecular flexibility index (Phi) is 3.99. The van der Waals surface area contributed by atoms with Crippen LogP contribution in [-0.4, -0.2) is 11.1 Å². The summed E-state index contributed by atoms with van der Waals surface area (Å²) < 4.78 is 2.26. The Labute approximate surface area is 103 Å². The van der Waals surface area contributed by atoms with Crippen molar-refractivity contribution in [2.45, 2.75) is 25.8 Å². The van der Waals surface area contributed by atoms with Crippen LogP contribution in [-0.2, 0) is 13.0 Å². The smallest absolute Gasteiger partial charge is 0.0486 e. The molecule has 0 saturated heterocycles. The average molecular weight is 228 g/mol. The summed E-state index contributed by atoms with van der Waals surface area (Å²) in [6.07, 6.45) is 7.57. The molecule has 0 spiro atoms. The second-order valence-corrected chi connectivity index (χ2v) is 4.36. The summed E-state index contributed by atoms with van der Waals surface area (Å²) in [5.41, 5.74) is 8.27. The van der Waals surface area contributed by atoms with E-state index in [1.807, 2.05) is 6.08 Å². The van der Waals surface area contributed by atoms with E-state index in [2.05, 4.69) is 41.6 Å². The molecule has 0 atom stereocenters. The van der Waals surface area contributed by atoms with Gasteiger partial charge in [0, 0.05) is 23.6 Å². The molecular formula is C15H20N2. The SMILES string of the molecule is C=CCn1cc(CCCCN)c2ccccc21. The Morgan fingerprint density at radius 3 is 2.82 bits per heavy atom. The maximum Gasteiger partial charge on any atom is 0.0486 e. The number of allylic oxidation sites excluding steroid dienone is 1. The summed E-state index contributed by atoms with van der Waals surface area (Å²) in [4.78, 5) is 0. The van der Waals surface area contributed by atoms with Crippen LogP contribution in [0, 0.1) is 0 Å². The molecule has 2 heteroatoms. The first-order chi connectivity index (χ1) is 8.36.